The van der Waals surface area contributed by atoms with Crippen molar-refractivity contribution in [3.05, 3.63) is 0 Å². The molecule has 1 saturated carbocycles. The van der Waals surface area contributed by atoms with Gasteiger partial charge in [-0.15, -0.1) is 0 Å². The molecule has 19 heavy (non-hydrogen) atoms. The van der Waals surface area contributed by atoms with Crippen molar-refractivity contribution in [3.8, 4) is 0 Å². The van der Waals surface area contributed by atoms with Crippen LogP contribution in [0.3, 0.4) is 0 Å². The van der Waals surface area contributed by atoms with Gasteiger partial charge in [0, 0.05) is 12.6 Å². The van der Waals surface area contributed by atoms with Crippen molar-refractivity contribution in [2.75, 3.05) is 6.54 Å². The Hall–Kier alpha value is -1.10. The average molecular weight is 269 g/mol. The molecule has 0 aliphatic heterocycles. The Balaban J connectivity index is 2.18. The van der Waals surface area contributed by atoms with Gasteiger partial charge in [-0.1, -0.05) is 19.8 Å². The zero-order valence-corrected chi connectivity index (χ0v) is 12.3. The first-order valence-corrected chi connectivity index (χ1v) is 7.38. The predicted molar refractivity (Wildman–Crippen MR) is 75.8 cm³/mol. The van der Waals surface area contributed by atoms with Gasteiger partial charge in [0.25, 0.3) is 0 Å². The number of rotatable bonds is 9. The Kier molecular flexibility index (Phi) is 6.84. The van der Waals surface area contributed by atoms with Gasteiger partial charge in [-0.25, -0.2) is 0 Å². The van der Waals surface area contributed by atoms with E-state index in [-0.39, 0.29) is 23.9 Å². The van der Waals surface area contributed by atoms with E-state index in [4.69, 9.17) is 0 Å². The number of amides is 2. The lowest BCUT2D eigenvalue weighted by Gasteiger charge is -2.19. The van der Waals surface area contributed by atoms with Crippen molar-refractivity contribution in [1.82, 2.24) is 16.0 Å². The topological polar surface area (TPSA) is 70.2 Å². The molecule has 110 valence electrons. The summed E-state index contributed by atoms with van der Waals surface area (Å²) in [5.74, 6) is -0.0599. The smallest absolute Gasteiger partial charge is 0.237 e. The molecule has 0 saturated heterocycles. The number of hydrogen-bond donors (Lipinski definition) is 3. The van der Waals surface area contributed by atoms with Crippen LogP contribution < -0.4 is 16.0 Å². The third-order valence-electron chi connectivity index (χ3n) is 3.29. The van der Waals surface area contributed by atoms with E-state index in [1.807, 2.05) is 0 Å². The zero-order valence-electron chi connectivity index (χ0n) is 12.3. The summed E-state index contributed by atoms with van der Waals surface area (Å²) in [6.07, 6.45) is 5.43. The molecule has 0 spiro atoms. The molecule has 3 N–H and O–H groups in total. The van der Waals surface area contributed by atoms with Crippen LogP contribution in [0.2, 0.25) is 0 Å². The fourth-order valence-electron chi connectivity index (χ4n) is 1.82. The van der Waals surface area contributed by atoms with Crippen LogP contribution in [-0.2, 0) is 9.59 Å². The summed E-state index contributed by atoms with van der Waals surface area (Å²) in [5, 5.41) is 8.84. The maximum Gasteiger partial charge on any atom is 0.237 e. The molecule has 2 atom stereocenters. The number of carbonyl (C=O) groups is 2. The average Bonchev–Trinajstić information content (AvgIpc) is 3.18. The zero-order chi connectivity index (χ0) is 14.3. The van der Waals surface area contributed by atoms with Gasteiger partial charge in [0.15, 0.2) is 0 Å². The summed E-state index contributed by atoms with van der Waals surface area (Å²) in [5.41, 5.74) is 0. The van der Waals surface area contributed by atoms with Crippen LogP contribution >= 0.6 is 0 Å². The fourth-order valence-corrected chi connectivity index (χ4v) is 1.82. The largest absolute Gasteiger partial charge is 0.355 e. The van der Waals surface area contributed by atoms with Gasteiger partial charge in [-0.2, -0.15) is 0 Å². The maximum atomic E-state index is 11.8. The molecule has 5 nitrogen and oxygen atoms in total. The lowest BCUT2D eigenvalue weighted by atomic mass is 10.2. The third kappa shape index (κ3) is 6.57. The normalized spacial score (nSPS) is 17.6. The predicted octanol–water partition coefficient (Wildman–Crippen LogP) is 0.938. The molecule has 1 aliphatic rings. The number of carbonyl (C=O) groups excluding carboxylic acids is 2. The highest BCUT2D eigenvalue weighted by atomic mass is 16.2. The molecule has 2 amide bonds. The van der Waals surface area contributed by atoms with E-state index in [2.05, 4.69) is 22.9 Å². The molecular formula is C14H27N3O2. The first-order valence-electron chi connectivity index (χ1n) is 7.38. The Bertz CT molecular complexity index is 303. The Morgan fingerprint density at radius 3 is 2.32 bits per heavy atom. The lowest BCUT2D eigenvalue weighted by molar-refractivity contribution is -0.125. The summed E-state index contributed by atoms with van der Waals surface area (Å²) >= 11 is 0. The minimum Gasteiger partial charge on any atom is -0.355 e. The molecule has 0 heterocycles. The lowest BCUT2D eigenvalue weighted by Crippen LogP contribution is -2.51. The van der Waals surface area contributed by atoms with Gasteiger partial charge in [0.1, 0.15) is 0 Å². The summed E-state index contributed by atoms with van der Waals surface area (Å²) in [6, 6.07) is -0.325. The maximum absolute atomic E-state index is 11.8. The molecule has 1 aliphatic carbocycles. The Labute approximate surface area is 115 Å². The highest BCUT2D eigenvalue weighted by Gasteiger charge is 2.26. The first kappa shape index (κ1) is 16.0. The van der Waals surface area contributed by atoms with E-state index in [0.717, 1.165) is 32.1 Å². The van der Waals surface area contributed by atoms with E-state index in [0.29, 0.717) is 12.6 Å². The molecule has 0 aromatic carbocycles. The Morgan fingerprint density at radius 1 is 1.11 bits per heavy atom. The molecule has 0 bridgehead atoms. The number of hydrogen-bond acceptors (Lipinski definition) is 3. The standard InChI is InChI=1S/C14H27N3O2/c1-4-5-6-9-15-13(18)10(2)16-11(3)14(19)17-12-7-8-12/h10-12,16H,4-9H2,1-3H3,(H,15,18)(H,17,19). The Morgan fingerprint density at radius 2 is 1.74 bits per heavy atom. The van der Waals surface area contributed by atoms with Crippen LogP contribution in [0.5, 0.6) is 0 Å². The molecule has 0 aromatic heterocycles. The van der Waals surface area contributed by atoms with Crippen LogP contribution in [-0.4, -0.2) is 36.5 Å². The molecule has 5 heteroatoms. The van der Waals surface area contributed by atoms with Crippen molar-refractivity contribution in [2.45, 2.75) is 71.0 Å². The highest BCUT2D eigenvalue weighted by molar-refractivity contribution is 5.85. The SMILES string of the molecule is CCCCCNC(=O)C(C)NC(C)C(=O)NC1CC1. The van der Waals surface area contributed by atoms with Gasteiger partial charge in [0.2, 0.25) is 11.8 Å². The minimum atomic E-state index is -0.346. The highest BCUT2D eigenvalue weighted by Crippen LogP contribution is 2.18. The molecular weight excluding hydrogens is 242 g/mol. The second kappa shape index (κ2) is 8.15. The van der Waals surface area contributed by atoms with E-state index in [9.17, 15) is 9.59 Å². The molecule has 1 fully saturated rings. The number of nitrogens with one attached hydrogen (secondary N) is 3. The van der Waals surface area contributed by atoms with Crippen molar-refractivity contribution < 1.29 is 9.59 Å². The van der Waals surface area contributed by atoms with Gasteiger partial charge in [0.05, 0.1) is 12.1 Å². The van der Waals surface area contributed by atoms with Crippen molar-refractivity contribution in [3.63, 3.8) is 0 Å². The fraction of sp³-hybridized carbons (Fsp3) is 0.857. The quantitative estimate of drug-likeness (QED) is 0.546. The summed E-state index contributed by atoms with van der Waals surface area (Å²) in [4.78, 5) is 23.5. The van der Waals surface area contributed by atoms with Crippen molar-refractivity contribution >= 4 is 11.8 Å². The van der Waals surface area contributed by atoms with Gasteiger partial charge in [-0.3, -0.25) is 14.9 Å². The minimum absolute atomic E-state index is 0.0202. The summed E-state index contributed by atoms with van der Waals surface area (Å²) in [7, 11) is 0. The van der Waals surface area contributed by atoms with Crippen molar-refractivity contribution in [2.24, 2.45) is 0 Å². The molecule has 0 radical (unpaired) electrons. The van der Waals surface area contributed by atoms with Crippen LogP contribution in [0.15, 0.2) is 0 Å². The van der Waals surface area contributed by atoms with E-state index >= 15 is 0 Å². The van der Waals surface area contributed by atoms with Crippen LogP contribution in [0, 0.1) is 0 Å². The molecule has 1 rings (SSSR count). The first-order chi connectivity index (χ1) is 9.04. The second-order valence-electron chi connectivity index (χ2n) is 5.39. The monoisotopic (exact) mass is 269 g/mol. The van der Waals surface area contributed by atoms with E-state index < -0.39 is 0 Å². The van der Waals surface area contributed by atoms with Crippen molar-refractivity contribution in [1.29, 1.82) is 0 Å². The number of unbranched alkanes of at least 4 members (excludes halogenated alkanes) is 2. The van der Waals surface area contributed by atoms with Crippen LogP contribution in [0.4, 0.5) is 0 Å². The van der Waals surface area contributed by atoms with Gasteiger partial charge in [-0.05, 0) is 33.1 Å². The molecule has 2 unspecified atom stereocenters. The van der Waals surface area contributed by atoms with E-state index in [1.54, 1.807) is 13.8 Å². The molecule has 0 aromatic rings. The second-order valence-corrected chi connectivity index (χ2v) is 5.39. The summed E-state index contributed by atoms with van der Waals surface area (Å²) in [6.45, 7) is 6.42. The van der Waals surface area contributed by atoms with Gasteiger partial charge < -0.3 is 10.6 Å². The summed E-state index contributed by atoms with van der Waals surface area (Å²) < 4.78 is 0. The van der Waals surface area contributed by atoms with Gasteiger partial charge >= 0.3 is 0 Å². The van der Waals surface area contributed by atoms with Crippen LogP contribution in [0.1, 0.15) is 52.9 Å². The van der Waals surface area contributed by atoms with E-state index in [1.165, 1.54) is 0 Å². The third-order valence-corrected chi connectivity index (χ3v) is 3.29. The van der Waals surface area contributed by atoms with Crippen LogP contribution in [0.25, 0.3) is 0 Å².